The minimum absolute atomic E-state index is 0.629. The summed E-state index contributed by atoms with van der Waals surface area (Å²) in [6, 6.07) is 0. The van der Waals surface area contributed by atoms with E-state index in [-0.39, 0.29) is 0 Å². The van der Waals surface area contributed by atoms with E-state index in [1.807, 2.05) is 0 Å². The summed E-state index contributed by atoms with van der Waals surface area (Å²) in [5.41, 5.74) is 0.0316. The molecule has 5 heteroatoms. The first kappa shape index (κ1) is 8.62. The maximum atomic E-state index is 10.1. The molecule has 1 heterocycles. The van der Waals surface area contributed by atoms with E-state index in [2.05, 4.69) is 15.3 Å². The zero-order valence-corrected chi connectivity index (χ0v) is 7.27. The second kappa shape index (κ2) is 2.87. The third-order valence-corrected chi connectivity index (χ3v) is 1.55. The first-order valence-electron chi connectivity index (χ1n) is 3.52. The summed E-state index contributed by atoms with van der Waals surface area (Å²) in [7, 11) is 1.76. The van der Waals surface area contributed by atoms with Crippen molar-refractivity contribution in [2.75, 3.05) is 0 Å². The van der Waals surface area contributed by atoms with Gasteiger partial charge in [-0.25, -0.2) is 4.79 Å². The van der Waals surface area contributed by atoms with Gasteiger partial charge in [0.1, 0.15) is 11.2 Å². The molecule has 0 aliphatic carbocycles. The summed E-state index contributed by atoms with van der Waals surface area (Å²) in [6.45, 7) is 3.56. The van der Waals surface area contributed by atoms with Gasteiger partial charge in [-0.1, -0.05) is 5.21 Å². The Hall–Kier alpha value is -1.48. The van der Waals surface area contributed by atoms with Gasteiger partial charge in [0.25, 0.3) is 0 Å². The Bertz CT molecular complexity index is 322. The summed E-state index contributed by atoms with van der Waals surface area (Å²) >= 11 is 0. The summed E-state index contributed by atoms with van der Waals surface area (Å²) in [4.78, 5) is 13.7. The van der Waals surface area contributed by atoms with E-state index in [1.54, 1.807) is 31.8 Å². The molecule has 1 aromatic rings. The number of hydrogen-bond donors (Lipinski definition) is 0. The van der Waals surface area contributed by atoms with Crippen molar-refractivity contribution < 1.29 is 4.79 Å². The summed E-state index contributed by atoms with van der Waals surface area (Å²) < 4.78 is 1.57. The van der Waals surface area contributed by atoms with E-state index in [0.717, 1.165) is 0 Å². The molecule has 0 N–H and O–H groups in total. The van der Waals surface area contributed by atoms with E-state index in [0.29, 0.717) is 5.69 Å². The lowest BCUT2D eigenvalue weighted by Crippen LogP contribution is -2.13. The summed E-state index contributed by atoms with van der Waals surface area (Å²) in [5, 5.41) is 7.59. The van der Waals surface area contributed by atoms with Crippen LogP contribution >= 0.6 is 0 Å². The van der Waals surface area contributed by atoms with E-state index in [4.69, 9.17) is 0 Å². The van der Waals surface area contributed by atoms with Crippen LogP contribution in [0.1, 0.15) is 19.5 Å². The van der Waals surface area contributed by atoms with Crippen LogP contribution in [0.25, 0.3) is 0 Å². The molecule has 0 aliphatic heterocycles. The average Bonchev–Trinajstić information content (AvgIpc) is 2.36. The molecule has 12 heavy (non-hydrogen) atoms. The van der Waals surface area contributed by atoms with Gasteiger partial charge in [0.05, 0.1) is 6.20 Å². The van der Waals surface area contributed by atoms with Gasteiger partial charge in [0, 0.05) is 7.05 Å². The van der Waals surface area contributed by atoms with Crippen LogP contribution in [-0.2, 0) is 17.4 Å². The van der Waals surface area contributed by atoms with E-state index in [1.165, 1.54) is 6.08 Å². The molecule has 1 aromatic heterocycles. The van der Waals surface area contributed by atoms with Gasteiger partial charge < -0.3 is 0 Å². The van der Waals surface area contributed by atoms with Crippen LogP contribution in [0.15, 0.2) is 11.2 Å². The van der Waals surface area contributed by atoms with E-state index < -0.39 is 5.54 Å². The molecule has 0 aromatic carbocycles. The number of nitrogens with zero attached hydrogens (tertiary/aromatic N) is 4. The third-order valence-electron chi connectivity index (χ3n) is 1.55. The quantitative estimate of drug-likeness (QED) is 0.471. The highest BCUT2D eigenvalue weighted by Gasteiger charge is 2.22. The van der Waals surface area contributed by atoms with Crippen molar-refractivity contribution in [3.8, 4) is 0 Å². The molecule has 64 valence electrons. The van der Waals surface area contributed by atoms with Crippen LogP contribution in [0.4, 0.5) is 0 Å². The summed E-state index contributed by atoms with van der Waals surface area (Å²) in [6.07, 6.45) is 3.24. The van der Waals surface area contributed by atoms with Crippen LogP contribution in [-0.4, -0.2) is 21.1 Å². The van der Waals surface area contributed by atoms with Crippen molar-refractivity contribution in [1.82, 2.24) is 15.0 Å². The average molecular weight is 166 g/mol. The first-order chi connectivity index (χ1) is 5.56. The molecule has 1 rings (SSSR count). The van der Waals surface area contributed by atoms with Crippen molar-refractivity contribution in [3.63, 3.8) is 0 Å². The lowest BCUT2D eigenvalue weighted by atomic mass is 10.0. The van der Waals surface area contributed by atoms with Crippen molar-refractivity contribution in [3.05, 3.63) is 11.9 Å². The first-order valence-corrected chi connectivity index (χ1v) is 3.52. The third kappa shape index (κ3) is 1.57. The van der Waals surface area contributed by atoms with Gasteiger partial charge >= 0.3 is 0 Å². The van der Waals surface area contributed by atoms with Crippen molar-refractivity contribution in [2.24, 2.45) is 12.0 Å². The maximum Gasteiger partial charge on any atom is 0.235 e. The fourth-order valence-electron chi connectivity index (χ4n) is 0.799. The summed E-state index contributed by atoms with van der Waals surface area (Å²) in [5.74, 6) is 0. The molecule has 0 bridgehead atoms. The number of aryl methyl sites for hydroxylation is 1. The van der Waals surface area contributed by atoms with Crippen molar-refractivity contribution in [1.29, 1.82) is 0 Å². The minimum Gasteiger partial charge on any atom is -0.255 e. The standard InChI is InChI=1S/C7H10N4O/c1-7(2,8-5-12)6-4-11(3)10-9-6/h4H,1-3H3. The second-order valence-electron chi connectivity index (χ2n) is 3.04. The fourth-order valence-corrected chi connectivity index (χ4v) is 0.799. The highest BCUT2D eigenvalue weighted by molar-refractivity contribution is 5.35. The Morgan fingerprint density at radius 3 is 2.75 bits per heavy atom. The Balaban J connectivity index is 3.04. The van der Waals surface area contributed by atoms with Crippen LogP contribution in [0.2, 0.25) is 0 Å². The van der Waals surface area contributed by atoms with Gasteiger partial charge in [0.15, 0.2) is 0 Å². The molecule has 0 unspecified atom stereocenters. The fraction of sp³-hybridized carbons (Fsp3) is 0.571. The normalized spacial score (nSPS) is 10.9. The molecule has 5 nitrogen and oxygen atoms in total. The highest BCUT2D eigenvalue weighted by atomic mass is 16.1. The molecule has 0 saturated carbocycles. The molecule has 0 saturated heterocycles. The molecular weight excluding hydrogens is 156 g/mol. The molecule has 0 fully saturated rings. The van der Waals surface area contributed by atoms with Gasteiger partial charge in [-0.15, -0.1) is 5.10 Å². The predicted molar refractivity (Wildman–Crippen MR) is 42.2 cm³/mol. The number of rotatable bonds is 2. The predicted octanol–water partition coefficient (Wildman–Crippen LogP) is 0.386. The SMILES string of the molecule is Cn1cc(C(C)(C)N=C=O)nn1. The maximum absolute atomic E-state index is 10.1. The molecular formula is C7H10N4O. The largest absolute Gasteiger partial charge is 0.255 e. The zero-order chi connectivity index (χ0) is 9.19. The molecule has 0 spiro atoms. The number of carbonyl (C=O) groups excluding carboxylic acids is 1. The Labute approximate surface area is 70.1 Å². The zero-order valence-electron chi connectivity index (χ0n) is 7.27. The van der Waals surface area contributed by atoms with E-state index in [9.17, 15) is 4.79 Å². The molecule has 0 radical (unpaired) electrons. The van der Waals surface area contributed by atoms with E-state index >= 15 is 0 Å². The van der Waals surface area contributed by atoms with Crippen LogP contribution in [0.5, 0.6) is 0 Å². The van der Waals surface area contributed by atoms with Gasteiger partial charge in [-0.3, -0.25) is 4.68 Å². The Kier molecular flexibility index (Phi) is 2.06. The molecule has 0 atom stereocenters. The van der Waals surface area contributed by atoms with Gasteiger partial charge in [-0.2, -0.15) is 4.99 Å². The van der Waals surface area contributed by atoms with Crippen molar-refractivity contribution >= 4 is 6.08 Å². The topological polar surface area (TPSA) is 60.1 Å². The van der Waals surface area contributed by atoms with Crippen LogP contribution < -0.4 is 0 Å². The van der Waals surface area contributed by atoms with Crippen LogP contribution in [0.3, 0.4) is 0 Å². The number of aliphatic imine (C=N–C) groups is 1. The lowest BCUT2D eigenvalue weighted by Gasteiger charge is -2.11. The van der Waals surface area contributed by atoms with Crippen LogP contribution in [0, 0.1) is 0 Å². The lowest BCUT2D eigenvalue weighted by molar-refractivity contribution is 0.511. The van der Waals surface area contributed by atoms with Gasteiger partial charge in [-0.05, 0) is 13.8 Å². The minimum atomic E-state index is -0.629. The molecule has 0 aliphatic rings. The number of aromatic nitrogens is 3. The molecule has 0 amide bonds. The Morgan fingerprint density at radius 1 is 1.67 bits per heavy atom. The number of isocyanates is 1. The van der Waals surface area contributed by atoms with Crippen molar-refractivity contribution in [2.45, 2.75) is 19.4 Å². The highest BCUT2D eigenvalue weighted by Crippen LogP contribution is 2.20. The smallest absolute Gasteiger partial charge is 0.235 e. The monoisotopic (exact) mass is 166 g/mol. The van der Waals surface area contributed by atoms with Gasteiger partial charge in [0.2, 0.25) is 6.08 Å². The second-order valence-corrected chi connectivity index (χ2v) is 3.04. The number of hydrogen-bond acceptors (Lipinski definition) is 4. The Morgan fingerprint density at radius 2 is 2.33 bits per heavy atom.